The first-order valence-corrected chi connectivity index (χ1v) is 7.52. The fourth-order valence-electron chi connectivity index (χ4n) is 2.69. The lowest BCUT2D eigenvalue weighted by Gasteiger charge is -2.22. The summed E-state index contributed by atoms with van der Waals surface area (Å²) >= 11 is 1.38. The first kappa shape index (κ1) is 12.8. The number of rotatable bonds is 3. The van der Waals surface area contributed by atoms with E-state index in [0.717, 1.165) is 24.2 Å². The third kappa shape index (κ3) is 2.58. The summed E-state index contributed by atoms with van der Waals surface area (Å²) in [6, 6.07) is 4.82. The molecule has 0 unspecified atom stereocenters. The topological polar surface area (TPSA) is 34.0 Å². The third-order valence-corrected chi connectivity index (χ3v) is 4.93. The molecule has 0 aliphatic carbocycles. The van der Waals surface area contributed by atoms with Crippen LogP contribution in [0.4, 0.5) is 4.39 Å². The van der Waals surface area contributed by atoms with Crippen LogP contribution in [0.3, 0.4) is 0 Å². The standard InChI is InChI=1S/C14H17FN2OS/c15-11-2-1-3-12-13(11)14(18)17(19-12)9-6-10-4-7-16-8-5-10/h1-3,10,16H,4-9H2. The molecular weight excluding hydrogens is 263 g/mol. The Balaban J connectivity index is 1.79. The molecule has 1 aliphatic rings. The number of hydrogen-bond acceptors (Lipinski definition) is 3. The Kier molecular flexibility index (Phi) is 3.66. The van der Waals surface area contributed by atoms with E-state index in [1.807, 2.05) is 6.07 Å². The lowest BCUT2D eigenvalue weighted by molar-refractivity contribution is 0.340. The smallest absolute Gasteiger partial charge is 0.271 e. The molecule has 102 valence electrons. The third-order valence-electron chi connectivity index (χ3n) is 3.82. The summed E-state index contributed by atoms with van der Waals surface area (Å²) in [6.07, 6.45) is 3.36. The summed E-state index contributed by atoms with van der Waals surface area (Å²) in [6.45, 7) is 2.85. The van der Waals surface area contributed by atoms with E-state index < -0.39 is 5.82 Å². The summed E-state index contributed by atoms with van der Waals surface area (Å²) in [5, 5.41) is 3.59. The molecule has 0 atom stereocenters. The van der Waals surface area contributed by atoms with Crippen LogP contribution in [-0.2, 0) is 6.54 Å². The molecule has 1 saturated heterocycles. The summed E-state index contributed by atoms with van der Waals surface area (Å²) in [5.41, 5.74) is -0.174. The monoisotopic (exact) mass is 280 g/mol. The Morgan fingerprint density at radius 2 is 2.16 bits per heavy atom. The van der Waals surface area contributed by atoms with Crippen molar-refractivity contribution in [2.45, 2.75) is 25.8 Å². The Morgan fingerprint density at radius 1 is 1.37 bits per heavy atom. The second-order valence-electron chi connectivity index (χ2n) is 5.09. The SMILES string of the molecule is O=c1c2c(F)cccc2sn1CCC1CCNCC1. The van der Waals surface area contributed by atoms with Crippen LogP contribution in [0.5, 0.6) is 0 Å². The minimum absolute atomic E-state index is 0.174. The van der Waals surface area contributed by atoms with Crippen molar-refractivity contribution in [3.05, 3.63) is 34.4 Å². The molecule has 0 amide bonds. The average Bonchev–Trinajstić information content (AvgIpc) is 2.76. The number of nitrogens with zero attached hydrogens (tertiary/aromatic N) is 1. The van der Waals surface area contributed by atoms with E-state index in [1.54, 1.807) is 10.0 Å². The van der Waals surface area contributed by atoms with Crippen molar-refractivity contribution in [3.63, 3.8) is 0 Å². The number of benzene rings is 1. The van der Waals surface area contributed by atoms with Gasteiger partial charge in [0.1, 0.15) is 5.82 Å². The number of aromatic nitrogens is 1. The summed E-state index contributed by atoms with van der Waals surface area (Å²) in [7, 11) is 0. The van der Waals surface area contributed by atoms with Crippen LogP contribution in [0.25, 0.3) is 10.1 Å². The fourth-order valence-corrected chi connectivity index (χ4v) is 3.71. The van der Waals surface area contributed by atoms with Crippen LogP contribution in [0.1, 0.15) is 19.3 Å². The van der Waals surface area contributed by atoms with Gasteiger partial charge in [0.2, 0.25) is 0 Å². The van der Waals surface area contributed by atoms with Crippen molar-refractivity contribution in [3.8, 4) is 0 Å². The van der Waals surface area contributed by atoms with E-state index in [1.165, 1.54) is 30.4 Å². The van der Waals surface area contributed by atoms with Gasteiger partial charge in [-0.25, -0.2) is 4.39 Å². The molecule has 3 nitrogen and oxygen atoms in total. The maximum Gasteiger partial charge on any atom is 0.271 e. The molecule has 1 aromatic carbocycles. The van der Waals surface area contributed by atoms with Gasteiger partial charge in [0.05, 0.1) is 10.1 Å². The highest BCUT2D eigenvalue weighted by atomic mass is 32.1. The molecule has 5 heteroatoms. The molecule has 3 rings (SSSR count). The molecule has 0 spiro atoms. The van der Waals surface area contributed by atoms with Crippen molar-refractivity contribution in [1.82, 2.24) is 9.27 Å². The summed E-state index contributed by atoms with van der Waals surface area (Å²) in [5.74, 6) is 0.280. The van der Waals surface area contributed by atoms with Gasteiger partial charge in [0, 0.05) is 6.54 Å². The number of piperidine rings is 1. The largest absolute Gasteiger partial charge is 0.317 e. The van der Waals surface area contributed by atoms with Gasteiger partial charge in [0.25, 0.3) is 5.56 Å². The number of nitrogens with one attached hydrogen (secondary N) is 1. The minimum atomic E-state index is -0.403. The van der Waals surface area contributed by atoms with E-state index in [-0.39, 0.29) is 10.9 Å². The molecular formula is C14H17FN2OS. The first-order chi connectivity index (χ1) is 9.25. The summed E-state index contributed by atoms with van der Waals surface area (Å²) < 4.78 is 16.1. The minimum Gasteiger partial charge on any atom is -0.317 e. The molecule has 0 bridgehead atoms. The lowest BCUT2D eigenvalue weighted by atomic mass is 9.95. The molecule has 19 heavy (non-hydrogen) atoms. The van der Waals surface area contributed by atoms with E-state index >= 15 is 0 Å². The van der Waals surface area contributed by atoms with Gasteiger partial charge in [0.15, 0.2) is 0 Å². The van der Waals surface area contributed by atoms with Crippen molar-refractivity contribution in [2.24, 2.45) is 5.92 Å². The summed E-state index contributed by atoms with van der Waals surface area (Å²) in [4.78, 5) is 12.1. The van der Waals surface area contributed by atoms with E-state index in [4.69, 9.17) is 0 Å². The van der Waals surface area contributed by atoms with Gasteiger partial charge >= 0.3 is 0 Å². The number of aryl methyl sites for hydroxylation is 1. The second kappa shape index (κ2) is 5.43. The normalized spacial score (nSPS) is 17.1. The molecule has 1 aromatic heterocycles. The Morgan fingerprint density at radius 3 is 2.89 bits per heavy atom. The Bertz CT molecular complexity index is 628. The molecule has 2 aromatic rings. The van der Waals surface area contributed by atoms with Gasteiger partial charge in [-0.1, -0.05) is 17.6 Å². The second-order valence-corrected chi connectivity index (χ2v) is 6.16. The quantitative estimate of drug-likeness (QED) is 0.937. The van der Waals surface area contributed by atoms with E-state index in [9.17, 15) is 9.18 Å². The molecule has 1 aliphatic heterocycles. The van der Waals surface area contributed by atoms with Crippen molar-refractivity contribution < 1.29 is 4.39 Å². The number of hydrogen-bond donors (Lipinski definition) is 1. The van der Waals surface area contributed by atoms with Crippen molar-refractivity contribution in [2.75, 3.05) is 13.1 Å². The van der Waals surface area contributed by atoms with Gasteiger partial charge in [-0.15, -0.1) is 0 Å². The zero-order valence-corrected chi connectivity index (χ0v) is 11.5. The maximum absolute atomic E-state index is 13.6. The molecule has 2 heterocycles. The fraction of sp³-hybridized carbons (Fsp3) is 0.500. The van der Waals surface area contributed by atoms with Gasteiger partial charge in [-0.2, -0.15) is 0 Å². The predicted molar refractivity (Wildman–Crippen MR) is 76.3 cm³/mol. The van der Waals surface area contributed by atoms with E-state index in [0.29, 0.717) is 12.5 Å². The molecule has 0 radical (unpaired) electrons. The molecule has 1 N–H and O–H groups in total. The van der Waals surface area contributed by atoms with E-state index in [2.05, 4.69) is 5.32 Å². The van der Waals surface area contributed by atoms with Crippen LogP contribution >= 0.6 is 11.5 Å². The van der Waals surface area contributed by atoms with Crippen molar-refractivity contribution >= 4 is 21.6 Å². The van der Waals surface area contributed by atoms with Crippen molar-refractivity contribution in [1.29, 1.82) is 0 Å². The van der Waals surface area contributed by atoms with Crippen LogP contribution in [-0.4, -0.2) is 17.0 Å². The van der Waals surface area contributed by atoms with Crippen LogP contribution in [0.2, 0.25) is 0 Å². The van der Waals surface area contributed by atoms with Crippen LogP contribution in [0.15, 0.2) is 23.0 Å². The zero-order chi connectivity index (χ0) is 13.2. The highest BCUT2D eigenvalue weighted by Gasteiger charge is 2.15. The van der Waals surface area contributed by atoms with Crippen LogP contribution in [0, 0.1) is 11.7 Å². The Labute approximate surface area is 115 Å². The average molecular weight is 280 g/mol. The highest BCUT2D eigenvalue weighted by Crippen LogP contribution is 2.21. The maximum atomic E-state index is 13.6. The number of halogens is 1. The van der Waals surface area contributed by atoms with Gasteiger partial charge in [-0.3, -0.25) is 8.75 Å². The predicted octanol–water partition coefficient (Wildman–Crippen LogP) is 2.59. The lowest BCUT2D eigenvalue weighted by Crippen LogP contribution is -2.28. The highest BCUT2D eigenvalue weighted by molar-refractivity contribution is 7.13. The molecule has 0 saturated carbocycles. The first-order valence-electron chi connectivity index (χ1n) is 6.75. The molecule has 1 fully saturated rings. The Hall–Kier alpha value is -1.20. The van der Waals surface area contributed by atoms with Gasteiger partial charge in [-0.05, 0) is 50.4 Å². The van der Waals surface area contributed by atoms with Gasteiger partial charge < -0.3 is 5.32 Å². The zero-order valence-electron chi connectivity index (χ0n) is 10.7. The van der Waals surface area contributed by atoms with Crippen LogP contribution < -0.4 is 10.9 Å². The number of fused-ring (bicyclic) bond motifs is 1.